The number of hydrogen-bond acceptors (Lipinski definition) is 3. The van der Waals surface area contributed by atoms with Crippen LogP contribution in [0, 0.1) is 0 Å². The summed E-state index contributed by atoms with van der Waals surface area (Å²) in [5.74, 6) is 0.971. The zero-order valence-corrected chi connectivity index (χ0v) is 11.5. The molecule has 1 aliphatic heterocycles. The first-order valence-corrected chi connectivity index (χ1v) is 7.66. The zero-order valence-electron chi connectivity index (χ0n) is 10.6. The summed E-state index contributed by atoms with van der Waals surface area (Å²) in [5.41, 5.74) is 1.97. The standard InChI is InChI=1S/C14H19NO2S/c1-18-10-11-4-6-12(7-5-11)14(16)15-9-13-3-2-8-17-13/h4-7,13H,2-3,8-10H2,1H3,(H,15,16)/t13-/m0/s1. The zero-order chi connectivity index (χ0) is 12.8. The fraction of sp³-hybridized carbons (Fsp3) is 0.500. The highest BCUT2D eigenvalue weighted by Crippen LogP contribution is 2.12. The molecule has 0 radical (unpaired) electrons. The average Bonchev–Trinajstić information content (AvgIpc) is 2.90. The maximum absolute atomic E-state index is 11.9. The van der Waals surface area contributed by atoms with Gasteiger partial charge in [0.05, 0.1) is 6.10 Å². The van der Waals surface area contributed by atoms with E-state index in [0.29, 0.717) is 6.54 Å². The lowest BCUT2D eigenvalue weighted by molar-refractivity contribution is 0.0858. The molecule has 2 rings (SSSR count). The molecule has 0 aliphatic carbocycles. The second-order valence-corrected chi connectivity index (χ2v) is 5.34. The van der Waals surface area contributed by atoms with E-state index in [-0.39, 0.29) is 12.0 Å². The van der Waals surface area contributed by atoms with E-state index < -0.39 is 0 Å². The molecule has 98 valence electrons. The molecule has 1 saturated heterocycles. The van der Waals surface area contributed by atoms with E-state index in [0.717, 1.165) is 30.8 Å². The van der Waals surface area contributed by atoms with Crippen LogP contribution in [0.2, 0.25) is 0 Å². The van der Waals surface area contributed by atoms with Crippen molar-refractivity contribution in [1.29, 1.82) is 0 Å². The summed E-state index contributed by atoms with van der Waals surface area (Å²) in [5, 5.41) is 2.92. The van der Waals surface area contributed by atoms with Crippen LogP contribution >= 0.6 is 11.8 Å². The molecule has 0 aromatic heterocycles. The van der Waals surface area contributed by atoms with Gasteiger partial charge in [0.1, 0.15) is 0 Å². The van der Waals surface area contributed by atoms with Crippen LogP contribution in [0.4, 0.5) is 0 Å². The number of rotatable bonds is 5. The van der Waals surface area contributed by atoms with Crippen molar-refractivity contribution in [3.63, 3.8) is 0 Å². The molecule has 18 heavy (non-hydrogen) atoms. The molecule has 0 spiro atoms. The monoisotopic (exact) mass is 265 g/mol. The van der Waals surface area contributed by atoms with Gasteiger partial charge >= 0.3 is 0 Å². The molecule has 1 heterocycles. The first-order valence-electron chi connectivity index (χ1n) is 6.27. The van der Waals surface area contributed by atoms with E-state index in [2.05, 4.69) is 11.6 Å². The highest BCUT2D eigenvalue weighted by atomic mass is 32.2. The Morgan fingerprint density at radius 1 is 1.44 bits per heavy atom. The van der Waals surface area contributed by atoms with Gasteiger partial charge < -0.3 is 10.1 Å². The predicted molar refractivity (Wildman–Crippen MR) is 75.0 cm³/mol. The van der Waals surface area contributed by atoms with E-state index in [1.807, 2.05) is 24.3 Å². The quantitative estimate of drug-likeness (QED) is 0.888. The van der Waals surface area contributed by atoms with Crippen LogP contribution in [0.15, 0.2) is 24.3 Å². The Kier molecular flexibility index (Phi) is 5.08. The SMILES string of the molecule is CSCc1ccc(C(=O)NC[C@@H]2CCCO2)cc1. The van der Waals surface area contributed by atoms with Crippen LogP contribution in [0.25, 0.3) is 0 Å². The molecule has 1 aromatic carbocycles. The highest BCUT2D eigenvalue weighted by molar-refractivity contribution is 7.97. The topological polar surface area (TPSA) is 38.3 Å². The maximum atomic E-state index is 11.9. The van der Waals surface area contributed by atoms with Crippen molar-refractivity contribution in [2.45, 2.75) is 24.7 Å². The van der Waals surface area contributed by atoms with E-state index >= 15 is 0 Å². The van der Waals surface area contributed by atoms with Gasteiger partial charge in [0.2, 0.25) is 0 Å². The van der Waals surface area contributed by atoms with Gasteiger partial charge in [0.25, 0.3) is 5.91 Å². The van der Waals surface area contributed by atoms with Crippen molar-refractivity contribution < 1.29 is 9.53 Å². The summed E-state index contributed by atoms with van der Waals surface area (Å²) in [6.45, 7) is 1.44. The maximum Gasteiger partial charge on any atom is 0.251 e. The smallest absolute Gasteiger partial charge is 0.251 e. The second-order valence-electron chi connectivity index (χ2n) is 4.47. The third-order valence-electron chi connectivity index (χ3n) is 3.04. The molecule has 4 heteroatoms. The number of nitrogens with one attached hydrogen (secondary N) is 1. The number of carbonyl (C=O) groups is 1. The normalized spacial score (nSPS) is 18.8. The third-order valence-corrected chi connectivity index (χ3v) is 3.66. The molecule has 0 saturated carbocycles. The summed E-state index contributed by atoms with van der Waals surface area (Å²) < 4.78 is 5.47. The van der Waals surface area contributed by atoms with Gasteiger partial charge in [-0.25, -0.2) is 0 Å². The highest BCUT2D eigenvalue weighted by Gasteiger charge is 2.16. The summed E-state index contributed by atoms with van der Waals surface area (Å²) in [7, 11) is 0. The van der Waals surface area contributed by atoms with Crippen molar-refractivity contribution in [3.8, 4) is 0 Å². The van der Waals surface area contributed by atoms with E-state index in [1.54, 1.807) is 11.8 Å². The largest absolute Gasteiger partial charge is 0.376 e. The molecule has 1 atom stereocenters. The minimum absolute atomic E-state index is 0.0128. The van der Waals surface area contributed by atoms with Crippen LogP contribution in [-0.2, 0) is 10.5 Å². The van der Waals surface area contributed by atoms with Gasteiger partial charge in [-0.2, -0.15) is 11.8 Å². The van der Waals surface area contributed by atoms with Crippen molar-refractivity contribution in [2.75, 3.05) is 19.4 Å². The first-order chi connectivity index (χ1) is 8.79. The number of thioether (sulfide) groups is 1. The van der Waals surface area contributed by atoms with Gasteiger partial charge in [-0.3, -0.25) is 4.79 Å². The van der Waals surface area contributed by atoms with Crippen molar-refractivity contribution in [2.24, 2.45) is 0 Å². The van der Waals surface area contributed by atoms with E-state index in [1.165, 1.54) is 5.56 Å². The number of hydrogen-bond donors (Lipinski definition) is 1. The fourth-order valence-corrected chi connectivity index (χ4v) is 2.56. The van der Waals surface area contributed by atoms with Crippen LogP contribution < -0.4 is 5.32 Å². The second kappa shape index (κ2) is 6.81. The molecular formula is C14H19NO2S. The lowest BCUT2D eigenvalue weighted by atomic mass is 10.1. The fourth-order valence-electron chi connectivity index (χ4n) is 2.03. The Hall–Kier alpha value is -1.00. The van der Waals surface area contributed by atoms with E-state index in [9.17, 15) is 4.79 Å². The molecule has 3 nitrogen and oxygen atoms in total. The molecule has 0 bridgehead atoms. The van der Waals surface area contributed by atoms with Gasteiger partial charge in [-0.05, 0) is 36.8 Å². The minimum Gasteiger partial charge on any atom is -0.376 e. The lowest BCUT2D eigenvalue weighted by Crippen LogP contribution is -2.31. The van der Waals surface area contributed by atoms with Crippen LogP contribution in [0.1, 0.15) is 28.8 Å². The Balaban J connectivity index is 1.83. The van der Waals surface area contributed by atoms with Crippen molar-refractivity contribution in [1.82, 2.24) is 5.32 Å². The van der Waals surface area contributed by atoms with Crippen LogP contribution in [-0.4, -0.2) is 31.4 Å². The molecule has 1 aromatic rings. The van der Waals surface area contributed by atoms with Crippen LogP contribution in [0.3, 0.4) is 0 Å². The Morgan fingerprint density at radius 3 is 2.83 bits per heavy atom. The number of benzene rings is 1. The summed E-state index contributed by atoms with van der Waals surface area (Å²) >= 11 is 1.78. The average molecular weight is 265 g/mol. The molecular weight excluding hydrogens is 246 g/mol. The molecule has 1 aliphatic rings. The minimum atomic E-state index is -0.0128. The van der Waals surface area contributed by atoms with Gasteiger partial charge in [0, 0.05) is 24.5 Å². The number of carbonyl (C=O) groups excluding carboxylic acids is 1. The first kappa shape index (κ1) is 13.4. The summed E-state index contributed by atoms with van der Waals surface area (Å²) in [6.07, 6.45) is 4.42. The van der Waals surface area contributed by atoms with E-state index in [4.69, 9.17) is 4.74 Å². The predicted octanol–water partition coefficient (Wildman–Crippen LogP) is 2.46. The van der Waals surface area contributed by atoms with Gasteiger partial charge in [0.15, 0.2) is 0 Å². The Bertz CT molecular complexity index is 385. The number of ether oxygens (including phenoxy) is 1. The third kappa shape index (κ3) is 3.75. The van der Waals surface area contributed by atoms with Crippen molar-refractivity contribution in [3.05, 3.63) is 35.4 Å². The lowest BCUT2D eigenvalue weighted by Gasteiger charge is -2.10. The Labute approximate surface area is 112 Å². The van der Waals surface area contributed by atoms with Crippen LogP contribution in [0.5, 0.6) is 0 Å². The van der Waals surface area contributed by atoms with Gasteiger partial charge in [-0.1, -0.05) is 12.1 Å². The van der Waals surface area contributed by atoms with Crippen molar-refractivity contribution >= 4 is 17.7 Å². The molecule has 0 unspecified atom stereocenters. The summed E-state index contributed by atoms with van der Waals surface area (Å²) in [4.78, 5) is 11.9. The molecule has 1 amide bonds. The number of amides is 1. The summed E-state index contributed by atoms with van der Waals surface area (Å²) in [6, 6.07) is 7.79. The van der Waals surface area contributed by atoms with Gasteiger partial charge in [-0.15, -0.1) is 0 Å². The Morgan fingerprint density at radius 2 is 2.22 bits per heavy atom. The molecule has 1 N–H and O–H groups in total. The molecule has 1 fully saturated rings.